The minimum Gasteiger partial charge on any atom is -0.487 e. The molecule has 0 saturated carbocycles. The van der Waals surface area contributed by atoms with Gasteiger partial charge in [-0.25, -0.2) is 4.79 Å². The lowest BCUT2D eigenvalue weighted by Crippen LogP contribution is -2.42. The van der Waals surface area contributed by atoms with E-state index in [4.69, 9.17) is 9.47 Å². The predicted octanol–water partition coefficient (Wildman–Crippen LogP) is 5.95. The zero-order chi connectivity index (χ0) is 22.0. The van der Waals surface area contributed by atoms with Crippen LogP contribution in [0.1, 0.15) is 45.2 Å². The molecule has 1 saturated heterocycles. The highest BCUT2D eigenvalue weighted by molar-refractivity contribution is 9.10. The summed E-state index contributed by atoms with van der Waals surface area (Å²) in [5.41, 5.74) is 1.69. The molecule has 0 radical (unpaired) electrons. The number of halogens is 1. The highest BCUT2D eigenvalue weighted by Crippen LogP contribution is 2.36. The van der Waals surface area contributed by atoms with Crippen molar-refractivity contribution >= 4 is 32.9 Å². The molecule has 0 N–H and O–H groups in total. The van der Waals surface area contributed by atoms with Gasteiger partial charge >= 0.3 is 6.09 Å². The Balaban J connectivity index is 1.48. The van der Waals surface area contributed by atoms with E-state index in [0.717, 1.165) is 39.5 Å². The van der Waals surface area contributed by atoms with Crippen LogP contribution in [0, 0.1) is 0 Å². The Morgan fingerprint density at radius 3 is 2.52 bits per heavy atom. The van der Waals surface area contributed by atoms with Gasteiger partial charge in [0.1, 0.15) is 18.0 Å². The number of carbonyl (C=O) groups excluding carboxylic acids is 1. The van der Waals surface area contributed by atoms with Crippen molar-refractivity contribution in [1.29, 1.82) is 0 Å². The van der Waals surface area contributed by atoms with Gasteiger partial charge in [0.2, 0.25) is 0 Å². The van der Waals surface area contributed by atoms with Crippen LogP contribution in [0.15, 0.2) is 53.1 Å². The number of fused-ring (bicyclic) bond motifs is 1. The molecule has 6 nitrogen and oxygen atoms in total. The van der Waals surface area contributed by atoms with E-state index < -0.39 is 5.60 Å². The van der Waals surface area contributed by atoms with Crippen LogP contribution >= 0.6 is 15.9 Å². The molecule has 1 aliphatic heterocycles. The van der Waals surface area contributed by atoms with Gasteiger partial charge in [-0.15, -0.1) is 0 Å². The topological polar surface area (TPSA) is 56.6 Å². The summed E-state index contributed by atoms with van der Waals surface area (Å²) in [6.45, 7) is 7.50. The van der Waals surface area contributed by atoms with E-state index in [1.54, 1.807) is 4.90 Å². The van der Waals surface area contributed by atoms with Crippen LogP contribution in [-0.2, 0) is 11.3 Å². The van der Waals surface area contributed by atoms with Crippen molar-refractivity contribution in [3.05, 3.63) is 58.7 Å². The van der Waals surface area contributed by atoms with Gasteiger partial charge in [0, 0.05) is 13.1 Å². The highest BCUT2D eigenvalue weighted by atomic mass is 79.9. The second-order valence-corrected chi connectivity index (χ2v) is 9.73. The number of piperidine rings is 1. The van der Waals surface area contributed by atoms with Crippen molar-refractivity contribution < 1.29 is 14.3 Å². The normalized spacial score (nSPS) is 15.3. The average molecular weight is 486 g/mol. The number of ether oxygens (including phenoxy) is 2. The monoisotopic (exact) mass is 485 g/mol. The maximum absolute atomic E-state index is 12.3. The summed E-state index contributed by atoms with van der Waals surface area (Å²) in [6, 6.07) is 14.4. The Kier molecular flexibility index (Phi) is 6.23. The highest BCUT2D eigenvalue weighted by Gasteiger charge is 2.28. The Bertz CT molecular complexity index is 1050. The molecule has 164 valence electrons. The first-order valence-corrected chi connectivity index (χ1v) is 11.4. The fourth-order valence-electron chi connectivity index (χ4n) is 3.86. The minimum atomic E-state index is -0.477. The van der Waals surface area contributed by atoms with E-state index in [-0.39, 0.29) is 12.1 Å². The van der Waals surface area contributed by atoms with Crippen LogP contribution in [0.3, 0.4) is 0 Å². The van der Waals surface area contributed by atoms with Gasteiger partial charge in [-0.1, -0.05) is 30.3 Å². The lowest BCUT2D eigenvalue weighted by molar-refractivity contribution is 0.0186. The number of amides is 1. The Labute approximate surface area is 191 Å². The van der Waals surface area contributed by atoms with E-state index in [2.05, 4.69) is 43.9 Å². The molecule has 0 spiro atoms. The van der Waals surface area contributed by atoms with Crippen LogP contribution in [0.2, 0.25) is 0 Å². The molecule has 2 heterocycles. The zero-order valence-corrected chi connectivity index (χ0v) is 19.8. The first-order valence-electron chi connectivity index (χ1n) is 10.6. The number of rotatable bonds is 4. The standard InChI is InChI=1S/C24H28BrN3O3/c1-24(2,3)31-23(29)27-13-11-18(12-14-27)28-21-10-9-20(25)22(19(21)15-26-28)30-16-17-7-5-4-6-8-17/h4-10,15,18H,11-14,16H2,1-3H3. The minimum absolute atomic E-state index is 0.235. The average Bonchev–Trinajstić information content (AvgIpc) is 3.17. The predicted molar refractivity (Wildman–Crippen MR) is 124 cm³/mol. The maximum Gasteiger partial charge on any atom is 0.410 e. The van der Waals surface area contributed by atoms with E-state index >= 15 is 0 Å². The van der Waals surface area contributed by atoms with Crippen molar-refractivity contribution in [3.8, 4) is 5.75 Å². The number of hydrogen-bond acceptors (Lipinski definition) is 4. The molecule has 4 rings (SSSR count). The smallest absolute Gasteiger partial charge is 0.410 e. The second-order valence-electron chi connectivity index (χ2n) is 8.87. The first kappa shape index (κ1) is 21.7. The van der Waals surface area contributed by atoms with Crippen molar-refractivity contribution in [1.82, 2.24) is 14.7 Å². The number of likely N-dealkylation sites (tertiary alicyclic amines) is 1. The molecule has 2 aromatic carbocycles. The fourth-order valence-corrected chi connectivity index (χ4v) is 4.32. The third kappa shape index (κ3) is 5.03. The molecule has 1 amide bonds. The van der Waals surface area contributed by atoms with Gasteiger partial charge in [0.05, 0.1) is 27.6 Å². The molecular formula is C24H28BrN3O3. The van der Waals surface area contributed by atoms with Crippen molar-refractivity contribution in [3.63, 3.8) is 0 Å². The van der Waals surface area contributed by atoms with Crippen LogP contribution < -0.4 is 4.74 Å². The third-order valence-electron chi connectivity index (χ3n) is 5.37. The lowest BCUT2D eigenvalue weighted by Gasteiger charge is -2.33. The summed E-state index contributed by atoms with van der Waals surface area (Å²) in [7, 11) is 0. The molecule has 1 aliphatic rings. The maximum atomic E-state index is 12.3. The fraction of sp³-hybridized carbons (Fsp3) is 0.417. The quantitative estimate of drug-likeness (QED) is 0.458. The summed E-state index contributed by atoms with van der Waals surface area (Å²) in [5.74, 6) is 0.804. The van der Waals surface area contributed by atoms with Gasteiger partial charge in [0.15, 0.2) is 0 Å². The molecule has 31 heavy (non-hydrogen) atoms. The number of aromatic nitrogens is 2. The van der Waals surface area contributed by atoms with E-state index in [0.29, 0.717) is 19.7 Å². The SMILES string of the molecule is CC(C)(C)OC(=O)N1CCC(n2ncc3c(OCc4ccccc4)c(Br)ccc32)CC1. The Morgan fingerprint density at radius 2 is 1.84 bits per heavy atom. The number of benzene rings is 2. The zero-order valence-electron chi connectivity index (χ0n) is 18.2. The molecule has 1 aromatic heterocycles. The Hall–Kier alpha value is -2.54. The van der Waals surface area contributed by atoms with Gasteiger partial charge in [-0.2, -0.15) is 5.10 Å². The summed E-state index contributed by atoms with van der Waals surface area (Å²) in [6.07, 6.45) is 3.32. The largest absolute Gasteiger partial charge is 0.487 e. The number of nitrogens with zero attached hydrogens (tertiary/aromatic N) is 3. The summed E-state index contributed by atoms with van der Waals surface area (Å²) in [4.78, 5) is 14.1. The van der Waals surface area contributed by atoms with Gasteiger partial charge in [0.25, 0.3) is 0 Å². The summed E-state index contributed by atoms with van der Waals surface area (Å²) >= 11 is 3.62. The van der Waals surface area contributed by atoms with Crippen molar-refractivity contribution in [2.24, 2.45) is 0 Å². The third-order valence-corrected chi connectivity index (χ3v) is 6.00. The van der Waals surface area contributed by atoms with E-state index in [9.17, 15) is 4.79 Å². The van der Waals surface area contributed by atoms with Crippen molar-refractivity contribution in [2.75, 3.05) is 13.1 Å². The van der Waals surface area contributed by atoms with E-state index in [1.807, 2.05) is 51.2 Å². The van der Waals surface area contributed by atoms with Crippen molar-refractivity contribution in [2.45, 2.75) is 51.9 Å². The molecule has 0 aliphatic carbocycles. The van der Waals surface area contributed by atoms with Gasteiger partial charge in [-0.05, 0) is 67.2 Å². The second kappa shape index (κ2) is 8.91. The molecular weight excluding hydrogens is 458 g/mol. The van der Waals surface area contributed by atoms with Crippen LogP contribution in [0.5, 0.6) is 5.75 Å². The van der Waals surface area contributed by atoms with E-state index in [1.165, 1.54) is 0 Å². The summed E-state index contributed by atoms with van der Waals surface area (Å²) in [5, 5.41) is 5.67. The summed E-state index contributed by atoms with van der Waals surface area (Å²) < 4.78 is 14.7. The molecule has 7 heteroatoms. The first-order chi connectivity index (χ1) is 14.8. The number of hydrogen-bond donors (Lipinski definition) is 0. The Morgan fingerprint density at radius 1 is 1.13 bits per heavy atom. The van der Waals surface area contributed by atoms with Crippen LogP contribution in [-0.4, -0.2) is 39.5 Å². The number of carbonyl (C=O) groups is 1. The molecule has 0 bridgehead atoms. The molecule has 0 unspecified atom stereocenters. The van der Waals surface area contributed by atoms with Crippen LogP contribution in [0.4, 0.5) is 4.79 Å². The lowest BCUT2D eigenvalue weighted by atomic mass is 10.1. The van der Waals surface area contributed by atoms with Gasteiger partial charge < -0.3 is 14.4 Å². The van der Waals surface area contributed by atoms with Crippen LogP contribution in [0.25, 0.3) is 10.9 Å². The molecule has 0 atom stereocenters. The molecule has 3 aromatic rings. The molecule has 1 fully saturated rings. The van der Waals surface area contributed by atoms with Gasteiger partial charge in [-0.3, -0.25) is 4.68 Å².